The first kappa shape index (κ1) is 5.22. The Balaban J connectivity index is 2.59. The lowest BCUT2D eigenvalue weighted by Crippen LogP contribution is -2.29. The number of allylic oxidation sites excluding steroid dienone is 3. The van der Waals surface area contributed by atoms with Crippen LogP contribution in [0.15, 0.2) is 18.0 Å². The van der Waals surface area contributed by atoms with Crippen molar-refractivity contribution in [2.45, 2.75) is 6.92 Å². The Morgan fingerprint density at radius 2 is 2.50 bits per heavy atom. The Labute approximate surface area is 49.5 Å². The van der Waals surface area contributed by atoms with Gasteiger partial charge in [-0.2, -0.15) is 0 Å². The molecule has 0 spiro atoms. The van der Waals surface area contributed by atoms with Gasteiger partial charge in [0, 0.05) is 25.0 Å². The van der Waals surface area contributed by atoms with Gasteiger partial charge < -0.3 is 5.43 Å². The van der Waals surface area contributed by atoms with Crippen LogP contribution in [-0.4, -0.2) is 12.1 Å². The van der Waals surface area contributed by atoms with Crippen molar-refractivity contribution in [2.75, 3.05) is 7.05 Å². The van der Waals surface area contributed by atoms with E-state index in [1.165, 1.54) is 0 Å². The first-order chi connectivity index (χ1) is 3.79. The van der Waals surface area contributed by atoms with Gasteiger partial charge in [0.25, 0.3) is 0 Å². The summed E-state index contributed by atoms with van der Waals surface area (Å²) in [5.41, 5.74) is 4.08. The van der Waals surface area contributed by atoms with E-state index in [2.05, 4.69) is 11.5 Å². The average molecular weight is 109 g/mol. The third-order valence-electron chi connectivity index (χ3n) is 0.942. The quantitative estimate of drug-likeness (QED) is 0.491. The van der Waals surface area contributed by atoms with Crippen LogP contribution in [0.1, 0.15) is 6.92 Å². The molecular formula is C6H9N2. The Hall–Kier alpha value is -0.920. The summed E-state index contributed by atoms with van der Waals surface area (Å²) in [7, 11) is 1.95. The molecule has 0 aromatic carbocycles. The van der Waals surface area contributed by atoms with E-state index in [9.17, 15) is 0 Å². The number of hydrazine groups is 1. The molecule has 0 saturated heterocycles. The molecule has 8 heavy (non-hydrogen) atoms. The van der Waals surface area contributed by atoms with Crippen LogP contribution in [0.25, 0.3) is 0 Å². The van der Waals surface area contributed by atoms with Crippen LogP contribution in [0.2, 0.25) is 0 Å². The number of rotatable bonds is 0. The predicted molar refractivity (Wildman–Crippen MR) is 32.5 cm³/mol. The average Bonchev–Trinajstić information content (AvgIpc) is 1.64. The van der Waals surface area contributed by atoms with Gasteiger partial charge in [-0.05, 0) is 13.0 Å². The lowest BCUT2D eigenvalue weighted by atomic mass is 10.4. The maximum Gasteiger partial charge on any atom is 0.0364 e. The van der Waals surface area contributed by atoms with E-state index in [1.54, 1.807) is 0 Å². The molecule has 1 heterocycles. The highest BCUT2D eigenvalue weighted by Gasteiger charge is 1.92. The Bertz CT molecular complexity index is 135. The summed E-state index contributed by atoms with van der Waals surface area (Å²) in [6.07, 6.45) is 6.79. The zero-order chi connectivity index (χ0) is 5.98. The molecule has 1 radical (unpaired) electrons. The van der Waals surface area contributed by atoms with Gasteiger partial charge in [-0.3, -0.25) is 5.01 Å². The Morgan fingerprint density at radius 3 is 2.88 bits per heavy atom. The second-order valence-electron chi connectivity index (χ2n) is 1.81. The van der Waals surface area contributed by atoms with Gasteiger partial charge in [0.1, 0.15) is 0 Å². The molecule has 0 aromatic heterocycles. The Kier molecular flexibility index (Phi) is 1.24. The SMILES string of the molecule is CC1=[C]C=CN(C)N1. The molecule has 0 amide bonds. The smallest absolute Gasteiger partial charge is 0.0364 e. The number of hydrogen-bond acceptors (Lipinski definition) is 2. The summed E-state index contributed by atoms with van der Waals surface area (Å²) in [6, 6.07) is 0. The molecular weight excluding hydrogens is 100 g/mol. The molecule has 0 aromatic rings. The molecule has 0 saturated carbocycles. The normalized spacial score (nSPS) is 17.8. The number of nitrogens with zero attached hydrogens (tertiary/aromatic N) is 1. The van der Waals surface area contributed by atoms with E-state index in [-0.39, 0.29) is 0 Å². The van der Waals surface area contributed by atoms with Crippen LogP contribution >= 0.6 is 0 Å². The van der Waals surface area contributed by atoms with Gasteiger partial charge >= 0.3 is 0 Å². The minimum Gasteiger partial charge on any atom is -0.303 e. The summed E-state index contributed by atoms with van der Waals surface area (Å²) in [4.78, 5) is 0. The zero-order valence-electron chi connectivity index (χ0n) is 5.10. The highest BCUT2D eigenvalue weighted by Crippen LogP contribution is 1.94. The molecule has 0 unspecified atom stereocenters. The predicted octanol–water partition coefficient (Wildman–Crippen LogP) is 0.657. The zero-order valence-corrected chi connectivity index (χ0v) is 5.10. The van der Waals surface area contributed by atoms with Crippen LogP contribution < -0.4 is 5.43 Å². The lowest BCUT2D eigenvalue weighted by molar-refractivity contribution is 0.363. The van der Waals surface area contributed by atoms with Crippen molar-refractivity contribution in [1.29, 1.82) is 0 Å². The van der Waals surface area contributed by atoms with Gasteiger partial charge in [0.15, 0.2) is 0 Å². The van der Waals surface area contributed by atoms with Crippen LogP contribution in [0.4, 0.5) is 0 Å². The maximum absolute atomic E-state index is 3.03. The highest BCUT2D eigenvalue weighted by molar-refractivity contribution is 5.05. The molecule has 1 aliphatic heterocycles. The maximum atomic E-state index is 3.03. The Morgan fingerprint density at radius 1 is 1.75 bits per heavy atom. The van der Waals surface area contributed by atoms with Crippen molar-refractivity contribution >= 4 is 0 Å². The summed E-state index contributed by atoms with van der Waals surface area (Å²) < 4.78 is 0. The fraction of sp³-hybridized carbons (Fsp3) is 0.333. The van der Waals surface area contributed by atoms with E-state index < -0.39 is 0 Å². The van der Waals surface area contributed by atoms with Crippen LogP contribution in [0.5, 0.6) is 0 Å². The summed E-state index contributed by atoms with van der Waals surface area (Å²) in [6.45, 7) is 1.97. The molecule has 1 rings (SSSR count). The minimum atomic E-state index is 1.05. The van der Waals surface area contributed by atoms with Gasteiger partial charge in [-0.1, -0.05) is 0 Å². The number of nitrogens with one attached hydrogen (secondary N) is 1. The van der Waals surface area contributed by atoms with Gasteiger partial charge in [-0.15, -0.1) is 0 Å². The summed E-state index contributed by atoms with van der Waals surface area (Å²) in [5.74, 6) is 0. The van der Waals surface area contributed by atoms with Crippen molar-refractivity contribution in [3.8, 4) is 0 Å². The molecule has 0 atom stereocenters. The van der Waals surface area contributed by atoms with Crippen molar-refractivity contribution in [1.82, 2.24) is 10.4 Å². The minimum absolute atomic E-state index is 1.05. The first-order valence-corrected chi connectivity index (χ1v) is 2.55. The molecule has 1 aliphatic rings. The summed E-state index contributed by atoms with van der Waals surface area (Å²) in [5, 5.41) is 1.88. The van der Waals surface area contributed by atoms with Crippen LogP contribution in [-0.2, 0) is 0 Å². The standard InChI is InChI=1S/C6H9N2/c1-6-4-3-5-8(2)7-6/h3,5,7H,1-2H3. The largest absolute Gasteiger partial charge is 0.303 e. The van der Waals surface area contributed by atoms with Crippen LogP contribution in [0, 0.1) is 6.08 Å². The topological polar surface area (TPSA) is 15.3 Å². The van der Waals surface area contributed by atoms with E-state index in [4.69, 9.17) is 0 Å². The second kappa shape index (κ2) is 1.90. The molecule has 43 valence electrons. The second-order valence-corrected chi connectivity index (χ2v) is 1.81. The van der Waals surface area contributed by atoms with E-state index in [0.29, 0.717) is 0 Å². The lowest BCUT2D eigenvalue weighted by Gasteiger charge is -2.19. The molecule has 0 bridgehead atoms. The fourth-order valence-corrected chi connectivity index (χ4v) is 0.608. The van der Waals surface area contributed by atoms with Gasteiger partial charge in [0.2, 0.25) is 0 Å². The van der Waals surface area contributed by atoms with Gasteiger partial charge in [0.05, 0.1) is 0 Å². The monoisotopic (exact) mass is 109 g/mol. The van der Waals surface area contributed by atoms with E-state index in [1.807, 2.05) is 31.3 Å². The molecule has 2 heteroatoms. The molecule has 2 nitrogen and oxygen atoms in total. The highest BCUT2D eigenvalue weighted by atomic mass is 15.5. The first-order valence-electron chi connectivity index (χ1n) is 2.55. The van der Waals surface area contributed by atoms with Crippen molar-refractivity contribution in [2.24, 2.45) is 0 Å². The molecule has 1 N–H and O–H groups in total. The van der Waals surface area contributed by atoms with Crippen molar-refractivity contribution < 1.29 is 0 Å². The molecule has 0 fully saturated rings. The van der Waals surface area contributed by atoms with E-state index in [0.717, 1.165) is 5.70 Å². The number of hydrogen-bond donors (Lipinski definition) is 1. The van der Waals surface area contributed by atoms with Crippen LogP contribution in [0.3, 0.4) is 0 Å². The van der Waals surface area contributed by atoms with Crippen molar-refractivity contribution in [3.63, 3.8) is 0 Å². The third-order valence-corrected chi connectivity index (χ3v) is 0.942. The van der Waals surface area contributed by atoms with Gasteiger partial charge in [-0.25, -0.2) is 0 Å². The fourth-order valence-electron chi connectivity index (χ4n) is 0.608. The van der Waals surface area contributed by atoms with E-state index >= 15 is 0 Å². The summed E-state index contributed by atoms with van der Waals surface area (Å²) >= 11 is 0. The third kappa shape index (κ3) is 1.03. The molecule has 0 aliphatic carbocycles. The van der Waals surface area contributed by atoms with Crippen molar-refractivity contribution in [3.05, 3.63) is 24.0 Å².